The topological polar surface area (TPSA) is 46.0 Å². The second-order valence-electron chi connectivity index (χ2n) is 2.25. The molecule has 5 heteroatoms. The molecule has 1 aromatic heterocycles. The van der Waals surface area contributed by atoms with Crippen molar-refractivity contribution in [3.05, 3.63) is 5.01 Å². The van der Waals surface area contributed by atoms with Gasteiger partial charge in [-0.05, 0) is 13.8 Å². The van der Waals surface area contributed by atoms with Gasteiger partial charge in [0.2, 0.25) is 0 Å². The van der Waals surface area contributed by atoms with Crippen LogP contribution in [0.3, 0.4) is 0 Å². The zero-order valence-electron chi connectivity index (χ0n) is 6.44. The molecule has 0 saturated heterocycles. The van der Waals surface area contributed by atoms with Crippen LogP contribution in [-0.2, 0) is 0 Å². The molecule has 0 bridgehead atoms. The van der Waals surface area contributed by atoms with Gasteiger partial charge in [-0.3, -0.25) is 0 Å². The molecule has 3 nitrogen and oxygen atoms in total. The molecule has 1 aromatic rings. The van der Waals surface area contributed by atoms with Crippen LogP contribution < -0.4 is 0 Å². The lowest BCUT2D eigenvalue weighted by molar-refractivity contribution is 0.220. The Morgan fingerprint density at radius 3 is 2.82 bits per heavy atom. The summed E-state index contributed by atoms with van der Waals surface area (Å²) >= 11 is 3.10. The standard InChI is InChI=1S/C6H10N2OS2/c1-4(9)3-10-6-8-7-5(2)11-6/h4,9H,3H2,1-2H3/t4-/m1/s1. The number of rotatable bonds is 3. The molecule has 1 N–H and O–H groups in total. The highest BCUT2D eigenvalue weighted by atomic mass is 32.2. The van der Waals surface area contributed by atoms with Gasteiger partial charge in [-0.2, -0.15) is 0 Å². The van der Waals surface area contributed by atoms with Crippen LogP contribution in [0.5, 0.6) is 0 Å². The third kappa shape index (κ3) is 3.18. The zero-order chi connectivity index (χ0) is 8.27. The summed E-state index contributed by atoms with van der Waals surface area (Å²) in [4.78, 5) is 0. The van der Waals surface area contributed by atoms with E-state index in [9.17, 15) is 0 Å². The minimum Gasteiger partial charge on any atom is -0.393 e. The molecule has 0 saturated carbocycles. The van der Waals surface area contributed by atoms with Crippen LogP contribution in [-0.4, -0.2) is 27.2 Å². The summed E-state index contributed by atoms with van der Waals surface area (Å²) in [5, 5.41) is 17.7. The average Bonchev–Trinajstić information content (AvgIpc) is 2.31. The minimum absolute atomic E-state index is 0.274. The molecular weight excluding hydrogens is 180 g/mol. The quantitative estimate of drug-likeness (QED) is 0.730. The molecule has 0 spiro atoms. The first-order valence-electron chi connectivity index (χ1n) is 3.29. The zero-order valence-corrected chi connectivity index (χ0v) is 8.08. The fourth-order valence-electron chi connectivity index (χ4n) is 0.529. The van der Waals surface area contributed by atoms with Crippen molar-refractivity contribution in [3.63, 3.8) is 0 Å². The lowest BCUT2D eigenvalue weighted by Gasteiger charge is -1.98. The van der Waals surface area contributed by atoms with Crippen molar-refractivity contribution in [1.29, 1.82) is 0 Å². The first-order chi connectivity index (χ1) is 5.18. The van der Waals surface area contributed by atoms with E-state index in [0.717, 1.165) is 9.35 Å². The molecule has 0 aromatic carbocycles. The number of hydrogen-bond donors (Lipinski definition) is 1. The molecule has 0 aliphatic rings. The summed E-state index contributed by atoms with van der Waals surface area (Å²) in [6, 6.07) is 0. The van der Waals surface area contributed by atoms with E-state index in [1.54, 1.807) is 30.0 Å². The van der Waals surface area contributed by atoms with Crippen molar-refractivity contribution in [1.82, 2.24) is 10.2 Å². The summed E-state index contributed by atoms with van der Waals surface area (Å²) in [5.41, 5.74) is 0. The van der Waals surface area contributed by atoms with E-state index >= 15 is 0 Å². The summed E-state index contributed by atoms with van der Waals surface area (Å²) in [7, 11) is 0. The van der Waals surface area contributed by atoms with Crippen LogP contribution in [0.15, 0.2) is 4.34 Å². The number of aliphatic hydroxyl groups excluding tert-OH is 1. The van der Waals surface area contributed by atoms with Gasteiger partial charge in [0.1, 0.15) is 5.01 Å². The molecule has 62 valence electrons. The number of aromatic nitrogens is 2. The molecule has 1 rings (SSSR count). The summed E-state index contributed by atoms with van der Waals surface area (Å²) in [6.45, 7) is 3.69. The number of aryl methyl sites for hydroxylation is 1. The van der Waals surface area contributed by atoms with Gasteiger partial charge in [-0.1, -0.05) is 23.1 Å². The summed E-state index contributed by atoms with van der Waals surface area (Å²) < 4.78 is 0.934. The number of nitrogens with zero attached hydrogens (tertiary/aromatic N) is 2. The van der Waals surface area contributed by atoms with E-state index < -0.39 is 0 Å². The van der Waals surface area contributed by atoms with Gasteiger partial charge in [0.25, 0.3) is 0 Å². The number of hydrogen-bond acceptors (Lipinski definition) is 5. The van der Waals surface area contributed by atoms with Crippen molar-refractivity contribution in [2.75, 3.05) is 5.75 Å². The van der Waals surface area contributed by atoms with Crippen LogP contribution in [0.1, 0.15) is 11.9 Å². The fourth-order valence-corrected chi connectivity index (χ4v) is 2.23. The fraction of sp³-hybridized carbons (Fsp3) is 0.667. The maximum atomic E-state index is 8.96. The highest BCUT2D eigenvalue weighted by Crippen LogP contribution is 2.21. The van der Waals surface area contributed by atoms with Crippen LogP contribution >= 0.6 is 23.1 Å². The lowest BCUT2D eigenvalue weighted by Crippen LogP contribution is -2.01. The molecule has 11 heavy (non-hydrogen) atoms. The molecule has 0 radical (unpaired) electrons. The average molecular weight is 190 g/mol. The Kier molecular flexibility index (Phi) is 3.29. The van der Waals surface area contributed by atoms with E-state index in [4.69, 9.17) is 5.11 Å². The van der Waals surface area contributed by atoms with Crippen molar-refractivity contribution < 1.29 is 5.11 Å². The van der Waals surface area contributed by atoms with Crippen LogP contribution in [0.4, 0.5) is 0 Å². The SMILES string of the molecule is Cc1nnc(SC[C@@H](C)O)s1. The highest BCUT2D eigenvalue weighted by molar-refractivity contribution is 8.01. The first kappa shape index (κ1) is 8.96. The highest BCUT2D eigenvalue weighted by Gasteiger charge is 2.02. The lowest BCUT2D eigenvalue weighted by atomic mass is 10.5. The van der Waals surface area contributed by atoms with Crippen LogP contribution in [0, 0.1) is 6.92 Å². The van der Waals surface area contributed by atoms with E-state index in [2.05, 4.69) is 10.2 Å². The van der Waals surface area contributed by atoms with Gasteiger partial charge < -0.3 is 5.11 Å². The monoisotopic (exact) mass is 190 g/mol. The molecule has 0 unspecified atom stereocenters. The predicted molar refractivity (Wildman–Crippen MR) is 47.1 cm³/mol. The van der Waals surface area contributed by atoms with E-state index in [-0.39, 0.29) is 6.10 Å². The molecule has 0 fully saturated rings. The van der Waals surface area contributed by atoms with Gasteiger partial charge in [0.05, 0.1) is 6.10 Å². The third-order valence-electron chi connectivity index (χ3n) is 0.956. The Balaban J connectivity index is 2.39. The summed E-state index contributed by atoms with van der Waals surface area (Å²) in [6.07, 6.45) is -0.274. The molecular formula is C6H10N2OS2. The van der Waals surface area contributed by atoms with E-state index in [1.807, 2.05) is 6.92 Å². The second-order valence-corrected chi connectivity index (χ2v) is 4.70. The van der Waals surface area contributed by atoms with E-state index in [1.165, 1.54) is 0 Å². The van der Waals surface area contributed by atoms with Gasteiger partial charge in [-0.25, -0.2) is 0 Å². The normalized spacial score (nSPS) is 13.4. The Morgan fingerprint density at radius 2 is 2.36 bits per heavy atom. The Labute approximate surface area is 73.9 Å². The van der Waals surface area contributed by atoms with Crippen LogP contribution in [0.25, 0.3) is 0 Å². The Bertz CT molecular complexity index is 224. The van der Waals surface area contributed by atoms with Crippen LogP contribution in [0.2, 0.25) is 0 Å². The predicted octanol–water partition coefficient (Wildman–Crippen LogP) is 1.32. The number of aliphatic hydroxyl groups is 1. The third-order valence-corrected chi connectivity index (χ3v) is 3.17. The molecule has 0 amide bonds. The van der Waals surface area contributed by atoms with Crippen molar-refractivity contribution in [3.8, 4) is 0 Å². The van der Waals surface area contributed by atoms with Crippen molar-refractivity contribution in [2.24, 2.45) is 0 Å². The molecule has 0 aliphatic heterocycles. The van der Waals surface area contributed by atoms with E-state index in [0.29, 0.717) is 5.75 Å². The largest absolute Gasteiger partial charge is 0.393 e. The minimum atomic E-state index is -0.274. The maximum absolute atomic E-state index is 8.96. The first-order valence-corrected chi connectivity index (χ1v) is 5.09. The molecule has 1 atom stereocenters. The smallest absolute Gasteiger partial charge is 0.174 e. The maximum Gasteiger partial charge on any atom is 0.174 e. The van der Waals surface area contributed by atoms with Gasteiger partial charge >= 0.3 is 0 Å². The summed E-state index contributed by atoms with van der Waals surface area (Å²) in [5.74, 6) is 0.689. The molecule has 0 aliphatic carbocycles. The molecule has 1 heterocycles. The second kappa shape index (κ2) is 4.04. The van der Waals surface area contributed by atoms with Gasteiger partial charge in [0.15, 0.2) is 4.34 Å². The Morgan fingerprint density at radius 1 is 1.64 bits per heavy atom. The number of thioether (sulfide) groups is 1. The van der Waals surface area contributed by atoms with Gasteiger partial charge in [0, 0.05) is 5.75 Å². The van der Waals surface area contributed by atoms with Gasteiger partial charge in [-0.15, -0.1) is 10.2 Å². The Hall–Kier alpha value is -0.130. The van der Waals surface area contributed by atoms with Crippen molar-refractivity contribution in [2.45, 2.75) is 24.3 Å². The van der Waals surface area contributed by atoms with Crippen molar-refractivity contribution >= 4 is 23.1 Å².